The Hall–Kier alpha value is -2.24. The van der Waals surface area contributed by atoms with Crippen molar-refractivity contribution in [1.29, 1.82) is 0 Å². The first-order chi connectivity index (χ1) is 10.2. The first-order valence-electron chi connectivity index (χ1n) is 7.04. The minimum atomic E-state index is -0.249. The lowest BCUT2D eigenvalue weighted by atomic mass is 10.1. The molecule has 21 heavy (non-hydrogen) atoms. The lowest BCUT2D eigenvalue weighted by Crippen LogP contribution is -2.27. The van der Waals surface area contributed by atoms with Gasteiger partial charge in [0.2, 0.25) is 0 Å². The van der Waals surface area contributed by atoms with Crippen LogP contribution in [0.4, 0.5) is 0 Å². The molecule has 0 aromatic heterocycles. The molecule has 1 N–H and O–H groups in total. The third-order valence-corrected chi connectivity index (χ3v) is 2.96. The Kier molecular flexibility index (Phi) is 5.43. The van der Waals surface area contributed by atoms with Crippen molar-refractivity contribution in [2.24, 2.45) is 0 Å². The van der Waals surface area contributed by atoms with Gasteiger partial charge < -0.3 is 19.5 Å². The van der Waals surface area contributed by atoms with Gasteiger partial charge in [0.15, 0.2) is 11.5 Å². The van der Waals surface area contributed by atoms with Crippen LogP contribution in [0.2, 0.25) is 0 Å². The lowest BCUT2D eigenvalue weighted by Gasteiger charge is -2.20. The minimum Gasteiger partial charge on any atom is -0.486 e. The molecule has 1 aromatic carbocycles. The summed E-state index contributed by atoms with van der Waals surface area (Å²) in [7, 11) is 0. The molecule has 0 aliphatic carbocycles. The van der Waals surface area contributed by atoms with E-state index in [2.05, 4.69) is 5.32 Å². The maximum atomic E-state index is 12.1. The van der Waals surface area contributed by atoms with Gasteiger partial charge >= 0.3 is 5.97 Å². The smallest absolute Gasteiger partial charge is 0.305 e. The molecule has 0 unspecified atom stereocenters. The van der Waals surface area contributed by atoms with E-state index >= 15 is 0 Å². The summed E-state index contributed by atoms with van der Waals surface area (Å²) in [5.74, 6) is 0.578. The summed E-state index contributed by atoms with van der Waals surface area (Å²) < 4.78 is 15.7. The predicted octanol–water partition coefficient (Wildman–Crippen LogP) is 1.53. The van der Waals surface area contributed by atoms with Crippen LogP contribution in [-0.2, 0) is 9.53 Å². The number of hydrogen-bond donors (Lipinski definition) is 1. The van der Waals surface area contributed by atoms with Crippen LogP contribution in [0.15, 0.2) is 18.2 Å². The van der Waals surface area contributed by atoms with E-state index in [1.165, 1.54) is 0 Å². The Bertz CT molecular complexity index is 515. The van der Waals surface area contributed by atoms with E-state index < -0.39 is 0 Å². The Morgan fingerprint density at radius 3 is 2.90 bits per heavy atom. The molecule has 0 saturated heterocycles. The van der Waals surface area contributed by atoms with Crippen molar-refractivity contribution in [3.63, 3.8) is 0 Å². The molecule has 1 heterocycles. The number of nitrogens with one attached hydrogen (secondary N) is 1. The van der Waals surface area contributed by atoms with E-state index in [1.54, 1.807) is 25.1 Å². The predicted molar refractivity (Wildman–Crippen MR) is 75.6 cm³/mol. The molecule has 2 rings (SSSR count). The molecule has 0 saturated carbocycles. The minimum absolute atomic E-state index is 0.235. The fourth-order valence-corrected chi connectivity index (χ4v) is 2.02. The van der Waals surface area contributed by atoms with Gasteiger partial charge in [0.05, 0.1) is 12.2 Å². The third kappa shape index (κ3) is 4.11. The number of rotatable bonds is 6. The van der Waals surface area contributed by atoms with E-state index in [4.69, 9.17) is 14.2 Å². The van der Waals surface area contributed by atoms with E-state index in [-0.39, 0.29) is 11.9 Å². The van der Waals surface area contributed by atoms with Crippen LogP contribution in [0.25, 0.3) is 0 Å². The number of hydrogen-bond acceptors (Lipinski definition) is 5. The van der Waals surface area contributed by atoms with Crippen molar-refractivity contribution < 1.29 is 23.8 Å². The molecular weight excluding hydrogens is 274 g/mol. The highest BCUT2D eigenvalue weighted by Crippen LogP contribution is 2.33. The maximum absolute atomic E-state index is 12.1. The Labute approximate surface area is 123 Å². The molecule has 1 aliphatic heterocycles. The molecule has 1 amide bonds. The first-order valence-corrected chi connectivity index (χ1v) is 7.04. The zero-order chi connectivity index (χ0) is 15.1. The average molecular weight is 293 g/mol. The molecule has 0 spiro atoms. The molecule has 1 aromatic rings. The van der Waals surface area contributed by atoms with Gasteiger partial charge in [0.1, 0.15) is 13.2 Å². The Balaban J connectivity index is 1.85. The van der Waals surface area contributed by atoms with Gasteiger partial charge in [-0.1, -0.05) is 6.07 Å². The summed E-state index contributed by atoms with van der Waals surface area (Å²) in [5, 5.41) is 2.76. The number of amides is 1. The van der Waals surface area contributed by atoms with Crippen LogP contribution in [0.1, 0.15) is 30.1 Å². The normalized spacial score (nSPS) is 12.6. The number of carbonyl (C=O) groups is 2. The largest absolute Gasteiger partial charge is 0.486 e. The van der Waals surface area contributed by atoms with Gasteiger partial charge in [0.25, 0.3) is 5.91 Å². The third-order valence-electron chi connectivity index (χ3n) is 2.96. The van der Waals surface area contributed by atoms with Gasteiger partial charge in [-0.3, -0.25) is 9.59 Å². The van der Waals surface area contributed by atoms with Crippen LogP contribution in [0.3, 0.4) is 0 Å². The second-order valence-electron chi connectivity index (χ2n) is 4.49. The van der Waals surface area contributed by atoms with E-state index in [0.717, 1.165) is 0 Å². The molecule has 0 bridgehead atoms. The standard InChI is InChI=1S/C15H19NO5/c1-2-19-13(17)7-4-8-16-15(18)11-5-3-6-12-14(11)21-10-9-20-12/h3,5-6H,2,4,7-10H2,1H3,(H,16,18). The van der Waals surface area contributed by atoms with Crippen LogP contribution in [-0.4, -0.2) is 38.2 Å². The number of fused-ring (bicyclic) bond motifs is 1. The monoisotopic (exact) mass is 293 g/mol. The quantitative estimate of drug-likeness (QED) is 0.636. The van der Waals surface area contributed by atoms with Crippen LogP contribution in [0.5, 0.6) is 11.5 Å². The summed E-state index contributed by atoms with van der Waals surface area (Å²) in [6.45, 7) is 3.46. The second-order valence-corrected chi connectivity index (χ2v) is 4.49. The van der Waals surface area contributed by atoms with Crippen LogP contribution < -0.4 is 14.8 Å². The summed E-state index contributed by atoms with van der Waals surface area (Å²) in [6, 6.07) is 5.21. The fraction of sp³-hybridized carbons (Fsp3) is 0.467. The first kappa shape index (κ1) is 15.2. The molecule has 6 heteroatoms. The van der Waals surface area contributed by atoms with E-state index in [9.17, 15) is 9.59 Å². The van der Waals surface area contributed by atoms with Gasteiger partial charge in [0, 0.05) is 13.0 Å². The fourth-order valence-electron chi connectivity index (χ4n) is 2.02. The van der Waals surface area contributed by atoms with Crippen LogP contribution >= 0.6 is 0 Å². The van der Waals surface area contributed by atoms with Gasteiger partial charge in [-0.25, -0.2) is 0 Å². The Morgan fingerprint density at radius 2 is 2.10 bits per heavy atom. The number of para-hydroxylation sites is 1. The summed E-state index contributed by atoms with van der Waals surface area (Å²) in [5.41, 5.74) is 0.448. The van der Waals surface area contributed by atoms with Crippen molar-refractivity contribution in [1.82, 2.24) is 5.32 Å². The number of esters is 1. The molecule has 0 atom stereocenters. The van der Waals surface area contributed by atoms with Gasteiger partial charge in [-0.2, -0.15) is 0 Å². The van der Waals surface area contributed by atoms with E-state index in [1.807, 2.05) is 0 Å². The highest BCUT2D eigenvalue weighted by molar-refractivity contribution is 5.97. The number of carbonyl (C=O) groups excluding carboxylic acids is 2. The highest BCUT2D eigenvalue weighted by Gasteiger charge is 2.19. The second kappa shape index (κ2) is 7.52. The van der Waals surface area contributed by atoms with Crippen molar-refractivity contribution in [2.45, 2.75) is 19.8 Å². The van der Waals surface area contributed by atoms with Crippen molar-refractivity contribution >= 4 is 11.9 Å². The SMILES string of the molecule is CCOC(=O)CCCNC(=O)c1cccc2c1OCCO2. The molecule has 0 radical (unpaired) electrons. The zero-order valence-corrected chi connectivity index (χ0v) is 12.0. The summed E-state index contributed by atoms with van der Waals surface area (Å²) in [4.78, 5) is 23.3. The summed E-state index contributed by atoms with van der Waals surface area (Å²) >= 11 is 0. The molecule has 1 aliphatic rings. The van der Waals surface area contributed by atoms with Gasteiger partial charge in [-0.15, -0.1) is 0 Å². The number of benzene rings is 1. The van der Waals surface area contributed by atoms with Crippen molar-refractivity contribution in [2.75, 3.05) is 26.4 Å². The Morgan fingerprint density at radius 1 is 1.29 bits per heavy atom. The van der Waals surface area contributed by atoms with Crippen LogP contribution in [0, 0.1) is 0 Å². The zero-order valence-electron chi connectivity index (χ0n) is 12.0. The molecule has 114 valence electrons. The molecular formula is C15H19NO5. The lowest BCUT2D eigenvalue weighted by molar-refractivity contribution is -0.143. The molecule has 0 fully saturated rings. The van der Waals surface area contributed by atoms with E-state index in [0.29, 0.717) is 56.3 Å². The van der Waals surface area contributed by atoms with Crippen molar-refractivity contribution in [3.05, 3.63) is 23.8 Å². The summed E-state index contributed by atoms with van der Waals surface area (Å²) in [6.07, 6.45) is 0.831. The highest BCUT2D eigenvalue weighted by atomic mass is 16.6. The maximum Gasteiger partial charge on any atom is 0.305 e. The topological polar surface area (TPSA) is 73.9 Å². The van der Waals surface area contributed by atoms with Gasteiger partial charge in [-0.05, 0) is 25.5 Å². The number of ether oxygens (including phenoxy) is 3. The average Bonchev–Trinajstić information content (AvgIpc) is 2.51. The molecule has 6 nitrogen and oxygen atoms in total. The van der Waals surface area contributed by atoms with Crippen molar-refractivity contribution in [3.8, 4) is 11.5 Å².